The van der Waals surface area contributed by atoms with Gasteiger partial charge in [0.05, 0.1) is 0 Å². The Kier molecular flexibility index (Phi) is 7.50. The van der Waals surface area contributed by atoms with Crippen LogP contribution in [0.3, 0.4) is 0 Å². The second kappa shape index (κ2) is 4.85. The van der Waals surface area contributed by atoms with Gasteiger partial charge in [0.2, 0.25) is 0 Å². The van der Waals surface area contributed by atoms with Crippen LogP contribution in [0, 0.1) is 10.1 Å². The summed E-state index contributed by atoms with van der Waals surface area (Å²) in [6, 6.07) is 0. The number of hydrogen-bond donors (Lipinski definition) is 1. The first-order valence-electron chi connectivity index (χ1n) is 0.714. The summed E-state index contributed by atoms with van der Waals surface area (Å²) in [5.41, 5.74) is 0. The first kappa shape index (κ1) is 9.28. The van der Waals surface area contributed by atoms with E-state index in [-0.39, 0.29) is 6.15 Å². The molecule has 0 saturated heterocycles. The molecule has 0 rings (SSSR count). The normalized spacial score (nSPS) is 5.33. The molecule has 0 saturated carbocycles. The van der Waals surface area contributed by atoms with Gasteiger partial charge in [-0.05, 0) is 0 Å². The summed E-state index contributed by atoms with van der Waals surface area (Å²) in [6.45, 7) is 0. The van der Waals surface area contributed by atoms with Crippen LogP contribution in [0.25, 0.3) is 0 Å². The summed E-state index contributed by atoms with van der Waals surface area (Å²) in [5, 5.41) is 8.08. The van der Waals surface area contributed by atoms with Crippen molar-refractivity contribution in [3.63, 3.8) is 0 Å². The van der Waals surface area contributed by atoms with Crippen molar-refractivity contribution in [3.8, 4) is 0 Å². The zero-order chi connectivity index (χ0) is 4.28. The Labute approximate surface area is 45.7 Å². The molecule has 0 bridgehead atoms. The molecule has 0 fully saturated rings. The molecule has 0 aliphatic heterocycles. The molecular formula is H3MoN2O3. The monoisotopic (exact) mass is 177 g/mol. The predicted octanol–water partition coefficient (Wildman–Crippen LogP) is -0.182. The molecule has 0 aliphatic carbocycles. The van der Waals surface area contributed by atoms with E-state index in [9.17, 15) is 0 Å². The second-order valence-electron chi connectivity index (χ2n) is 0.298. The van der Waals surface area contributed by atoms with E-state index < -0.39 is 5.09 Å². The van der Waals surface area contributed by atoms with Crippen molar-refractivity contribution < 1.29 is 28.8 Å². The summed E-state index contributed by atoms with van der Waals surface area (Å²) < 4.78 is 3.48. The average Bonchev–Trinajstić information content (AvgIpc) is 1.38. The van der Waals surface area contributed by atoms with Crippen LogP contribution in [0.4, 0.5) is 0 Å². The predicted molar refractivity (Wildman–Crippen MR) is 13.1 cm³/mol. The Bertz CT molecular complexity index is 44.1. The summed E-state index contributed by atoms with van der Waals surface area (Å²) in [7, 11) is 0. The van der Waals surface area contributed by atoms with E-state index >= 15 is 0 Å². The fourth-order valence-electron chi connectivity index (χ4n) is 0. The van der Waals surface area contributed by atoms with Crippen LogP contribution in [0.1, 0.15) is 0 Å². The van der Waals surface area contributed by atoms with Crippen LogP contribution in [0.2, 0.25) is 0 Å². The maximum atomic E-state index is 8.95. The summed E-state index contributed by atoms with van der Waals surface area (Å²) >= 11 is 0.941. The Morgan fingerprint density at radius 2 is 2.00 bits per heavy atom. The van der Waals surface area contributed by atoms with Crippen molar-refractivity contribution in [2.24, 2.45) is 0 Å². The molecule has 0 amide bonds. The van der Waals surface area contributed by atoms with Crippen molar-refractivity contribution in [1.82, 2.24) is 6.15 Å². The number of rotatable bonds is 1. The SMILES string of the molecule is N.O=[N+]([O-])[O][Mo]. The molecule has 3 N–H and O–H groups in total. The third-order valence-corrected chi connectivity index (χ3v) is 0.360. The third kappa shape index (κ3) is 9.14. The maximum absolute atomic E-state index is 8.95. The molecular weight excluding hydrogens is 172 g/mol. The Balaban J connectivity index is 0. The molecule has 0 aliphatic rings. The van der Waals surface area contributed by atoms with E-state index in [0.717, 1.165) is 20.2 Å². The summed E-state index contributed by atoms with van der Waals surface area (Å²) in [4.78, 5) is 8.95. The van der Waals surface area contributed by atoms with Crippen LogP contribution in [-0.2, 0) is 23.7 Å². The van der Waals surface area contributed by atoms with E-state index in [2.05, 4.69) is 3.49 Å². The average molecular weight is 175 g/mol. The van der Waals surface area contributed by atoms with Gasteiger partial charge in [-0.15, -0.1) is 0 Å². The van der Waals surface area contributed by atoms with Gasteiger partial charge in [0.1, 0.15) is 0 Å². The van der Waals surface area contributed by atoms with Gasteiger partial charge in [-0.25, -0.2) is 0 Å². The van der Waals surface area contributed by atoms with E-state index in [1.54, 1.807) is 0 Å². The molecule has 0 aromatic rings. The van der Waals surface area contributed by atoms with Crippen LogP contribution in [-0.4, -0.2) is 5.09 Å². The molecule has 0 heterocycles. The zero-order valence-electron chi connectivity index (χ0n) is 2.79. The minimum atomic E-state index is -0.871. The molecule has 6 heavy (non-hydrogen) atoms. The first-order chi connectivity index (χ1) is 2.27. The number of hydrogen-bond acceptors (Lipinski definition) is 4. The van der Waals surface area contributed by atoms with E-state index in [1.165, 1.54) is 0 Å². The van der Waals surface area contributed by atoms with Crippen molar-refractivity contribution in [1.29, 1.82) is 0 Å². The van der Waals surface area contributed by atoms with Crippen LogP contribution in [0.5, 0.6) is 0 Å². The molecule has 5 nitrogen and oxygen atoms in total. The quantitative estimate of drug-likeness (QED) is 0.340. The van der Waals surface area contributed by atoms with E-state index in [0.29, 0.717) is 0 Å². The van der Waals surface area contributed by atoms with Gasteiger partial charge in [0.25, 0.3) is 0 Å². The Hall–Kier alpha value is -0.152. The van der Waals surface area contributed by atoms with Crippen LogP contribution in [0.15, 0.2) is 0 Å². The van der Waals surface area contributed by atoms with Crippen molar-refractivity contribution in [2.45, 2.75) is 0 Å². The molecule has 0 aromatic carbocycles. The Morgan fingerprint density at radius 1 is 1.83 bits per heavy atom. The van der Waals surface area contributed by atoms with Gasteiger partial charge in [-0.2, -0.15) is 0 Å². The molecule has 6 heteroatoms. The third-order valence-electron chi connectivity index (χ3n) is 0.0609. The number of nitrogens with zero attached hydrogens (tertiary/aromatic N) is 1. The Morgan fingerprint density at radius 3 is 2.00 bits per heavy atom. The second-order valence-corrected chi connectivity index (χ2v) is 0.665. The summed E-state index contributed by atoms with van der Waals surface area (Å²) in [6.07, 6.45) is 0. The fourth-order valence-corrected chi connectivity index (χ4v) is 0. The molecule has 0 radical (unpaired) electrons. The van der Waals surface area contributed by atoms with E-state index in [4.69, 9.17) is 10.1 Å². The van der Waals surface area contributed by atoms with Crippen molar-refractivity contribution in [3.05, 3.63) is 10.1 Å². The molecule has 37 valence electrons. The molecule has 0 atom stereocenters. The fraction of sp³-hybridized carbons (Fsp3) is 0. The zero-order valence-corrected chi connectivity index (χ0v) is 4.79. The molecule has 0 aromatic heterocycles. The van der Waals surface area contributed by atoms with Crippen LogP contribution < -0.4 is 6.15 Å². The van der Waals surface area contributed by atoms with Gasteiger partial charge < -0.3 is 6.15 Å². The van der Waals surface area contributed by atoms with Gasteiger partial charge >= 0.3 is 38.9 Å². The van der Waals surface area contributed by atoms with E-state index in [1.807, 2.05) is 0 Å². The topological polar surface area (TPSA) is 87.4 Å². The molecule has 0 unspecified atom stereocenters. The van der Waals surface area contributed by atoms with Crippen molar-refractivity contribution >= 4 is 0 Å². The van der Waals surface area contributed by atoms with Gasteiger partial charge in [-0.1, -0.05) is 0 Å². The van der Waals surface area contributed by atoms with Crippen molar-refractivity contribution in [2.75, 3.05) is 0 Å². The standard InChI is InChI=1S/Mo.NO3.H3N/c;2-1(3)4;/h;;1H3/q+1;-1;. The van der Waals surface area contributed by atoms with Gasteiger partial charge in [0, 0.05) is 0 Å². The summed E-state index contributed by atoms with van der Waals surface area (Å²) in [5.74, 6) is 0. The minimum absolute atomic E-state index is 0. The van der Waals surface area contributed by atoms with Crippen LogP contribution >= 0.6 is 0 Å². The first-order valence-corrected chi connectivity index (χ1v) is 1.53. The van der Waals surface area contributed by atoms with Gasteiger partial charge in [0.15, 0.2) is 0 Å². The van der Waals surface area contributed by atoms with Gasteiger partial charge in [-0.3, -0.25) is 0 Å². The molecule has 0 spiro atoms.